The van der Waals surface area contributed by atoms with E-state index in [2.05, 4.69) is 0 Å². The van der Waals surface area contributed by atoms with Gasteiger partial charge in [0.25, 0.3) is 5.75 Å². The van der Waals surface area contributed by atoms with Crippen molar-refractivity contribution in [2.24, 2.45) is 0 Å². The van der Waals surface area contributed by atoms with Crippen LogP contribution in [0.15, 0.2) is 54.6 Å². The summed E-state index contributed by atoms with van der Waals surface area (Å²) in [6.07, 6.45) is 0.590. The predicted molar refractivity (Wildman–Crippen MR) is 96.9 cm³/mol. The van der Waals surface area contributed by atoms with Crippen molar-refractivity contribution in [2.45, 2.75) is 18.9 Å². The molecule has 4 heteroatoms. The van der Waals surface area contributed by atoms with E-state index in [4.69, 9.17) is 9.84 Å². The highest BCUT2D eigenvalue weighted by Gasteiger charge is 2.52. The number of phenols is 1. The van der Waals surface area contributed by atoms with Crippen LogP contribution >= 0.6 is 0 Å². The number of ether oxygens (including phenoxy) is 1. The number of esters is 1. The van der Waals surface area contributed by atoms with Crippen LogP contribution in [0.1, 0.15) is 43.7 Å². The lowest BCUT2D eigenvalue weighted by atomic mass is 9.71. The predicted octanol–water partition coefficient (Wildman–Crippen LogP) is 3.51. The molecule has 0 amide bonds. The van der Waals surface area contributed by atoms with Gasteiger partial charge >= 0.3 is 5.97 Å². The normalized spacial score (nSPS) is 19.7. The lowest BCUT2D eigenvalue weighted by Crippen LogP contribution is -2.34. The largest absolute Gasteiger partial charge is 0.593 e. The second kappa shape index (κ2) is 4.88. The van der Waals surface area contributed by atoms with E-state index >= 15 is 0 Å². The van der Waals surface area contributed by atoms with Crippen molar-refractivity contribution in [3.05, 3.63) is 93.5 Å². The summed E-state index contributed by atoms with van der Waals surface area (Å²) in [4.78, 5) is 12.7. The van der Waals surface area contributed by atoms with E-state index in [0.29, 0.717) is 17.7 Å². The van der Waals surface area contributed by atoms with Crippen molar-refractivity contribution in [3.63, 3.8) is 0 Å². The number of rotatable bonds is 0. The zero-order valence-corrected chi connectivity index (χ0v) is 14.2. The number of phenolic OH excluding ortho intramolecular Hbond substituents is 1. The molecule has 3 aromatic carbocycles. The monoisotopic (exact) mass is 345 g/mol. The van der Waals surface area contributed by atoms with Crippen LogP contribution in [0.4, 0.5) is 0 Å². The van der Waals surface area contributed by atoms with Gasteiger partial charge in [0.05, 0.1) is 5.56 Å². The summed E-state index contributed by atoms with van der Waals surface area (Å²) >= 11 is 0. The van der Waals surface area contributed by atoms with Crippen molar-refractivity contribution in [2.75, 3.05) is 0 Å². The smallest absolute Gasteiger partial charge is 0.340 e. The fraction of sp³-hybridized carbons (Fsp3) is 0.136. The summed E-state index contributed by atoms with van der Waals surface area (Å²) in [5.74, 6) is 0.249. The molecule has 1 aliphatic heterocycles. The van der Waals surface area contributed by atoms with Gasteiger partial charge in [0.15, 0.2) is 5.60 Å². The van der Waals surface area contributed by atoms with Crippen LogP contribution in [0.3, 0.4) is 0 Å². The van der Waals surface area contributed by atoms with E-state index in [0.717, 1.165) is 33.4 Å². The summed E-state index contributed by atoms with van der Waals surface area (Å²) in [5, 5.41) is 17.9. The van der Waals surface area contributed by atoms with E-state index in [-0.39, 0.29) is 11.7 Å². The maximum absolute atomic E-state index is 12.7. The standard InChI is InChI=1S/C22H16O4/c1-12-2-5-20-17(8-12)21(25)26-22(20)18-6-3-15(23)10-13(18)9-14-11-16(24)4-7-19(14)22/h2-8,10-11,23-24H,9H2,1H3/p+1. The van der Waals surface area contributed by atoms with Crippen molar-refractivity contribution >= 4 is 5.97 Å². The highest BCUT2D eigenvalue weighted by Crippen LogP contribution is 2.52. The molecule has 3 N–H and O–H groups in total. The third-order valence-corrected chi connectivity index (χ3v) is 5.35. The number of carbonyl (C=O) groups excluding carboxylic acids is 1. The molecule has 0 saturated carbocycles. The third kappa shape index (κ3) is 1.81. The summed E-state index contributed by atoms with van der Waals surface area (Å²) in [6, 6.07) is 16.4. The molecule has 3 aromatic rings. The van der Waals surface area contributed by atoms with Crippen LogP contribution in [0, 0.1) is 6.92 Å². The molecule has 0 bridgehead atoms. The minimum Gasteiger partial charge on any atom is -0.593 e. The van der Waals surface area contributed by atoms with Gasteiger partial charge in [-0.05, 0) is 48.7 Å². The second-order valence-electron chi connectivity index (χ2n) is 7.01. The summed E-state index contributed by atoms with van der Waals surface area (Å²) in [6.45, 7) is 1.95. The second-order valence-corrected chi connectivity index (χ2v) is 7.01. The first-order valence-corrected chi connectivity index (χ1v) is 8.51. The first-order chi connectivity index (χ1) is 12.5. The Balaban J connectivity index is 1.90. The van der Waals surface area contributed by atoms with Gasteiger partial charge in [0.2, 0.25) is 0 Å². The third-order valence-electron chi connectivity index (χ3n) is 5.35. The average Bonchev–Trinajstić information content (AvgIpc) is 2.87. The number of aromatic hydroxyl groups is 1. The van der Waals surface area contributed by atoms with Gasteiger partial charge in [0.1, 0.15) is 5.75 Å². The van der Waals surface area contributed by atoms with Gasteiger partial charge in [-0.2, -0.15) is 0 Å². The van der Waals surface area contributed by atoms with E-state index in [9.17, 15) is 9.90 Å². The molecule has 26 heavy (non-hydrogen) atoms. The molecule has 0 fully saturated rings. The Labute approximate surface area is 150 Å². The maximum atomic E-state index is 12.7. The Morgan fingerprint density at radius 2 is 1.65 bits per heavy atom. The fourth-order valence-corrected chi connectivity index (χ4v) is 4.29. The molecule has 128 valence electrons. The van der Waals surface area contributed by atoms with E-state index < -0.39 is 5.60 Å². The minimum atomic E-state index is -1.02. The van der Waals surface area contributed by atoms with Gasteiger partial charge in [-0.3, -0.25) is 0 Å². The van der Waals surface area contributed by atoms with Gasteiger partial charge in [0, 0.05) is 28.8 Å². The van der Waals surface area contributed by atoms with Crippen LogP contribution in [0.2, 0.25) is 0 Å². The molecule has 4 nitrogen and oxygen atoms in total. The Morgan fingerprint density at radius 3 is 2.46 bits per heavy atom. The molecule has 1 spiro atoms. The number of hydrogen-bond acceptors (Lipinski definition) is 3. The summed E-state index contributed by atoms with van der Waals surface area (Å²) < 4.78 is 6.07. The van der Waals surface area contributed by atoms with Crippen molar-refractivity contribution < 1.29 is 19.7 Å². The van der Waals surface area contributed by atoms with Gasteiger partial charge < -0.3 is 14.9 Å². The van der Waals surface area contributed by atoms with Gasteiger partial charge in [-0.1, -0.05) is 23.8 Å². The molecule has 0 saturated heterocycles. The first kappa shape index (κ1) is 15.0. The number of fused-ring (bicyclic) bond motifs is 6. The number of aryl methyl sites for hydroxylation is 1. The highest BCUT2D eigenvalue weighted by molar-refractivity contribution is 5.97. The molecule has 1 aliphatic carbocycles. The SMILES string of the molecule is Cc1ccc2c(c1)C(=O)OC21c2ccc(O)cc2Cc2cc([OH2+])ccc21. The Morgan fingerprint density at radius 1 is 0.962 bits per heavy atom. The number of benzene rings is 3. The van der Waals surface area contributed by atoms with Crippen LogP contribution in [-0.4, -0.2) is 16.2 Å². The minimum absolute atomic E-state index is 0.179. The molecular weight excluding hydrogens is 328 g/mol. The highest BCUT2D eigenvalue weighted by atomic mass is 16.6. The Kier molecular flexibility index (Phi) is 2.82. The van der Waals surface area contributed by atoms with Crippen LogP contribution < -0.4 is 0 Å². The summed E-state index contributed by atoms with van der Waals surface area (Å²) in [5.41, 5.74) is 4.98. The summed E-state index contributed by atoms with van der Waals surface area (Å²) in [7, 11) is 0. The Hall–Kier alpha value is -3.27. The molecule has 1 unspecified atom stereocenters. The molecule has 2 aliphatic rings. The lowest BCUT2D eigenvalue weighted by Gasteiger charge is -2.37. The quantitative estimate of drug-likeness (QED) is 0.501. The lowest BCUT2D eigenvalue weighted by molar-refractivity contribution is 0.0240. The van der Waals surface area contributed by atoms with E-state index in [1.165, 1.54) is 0 Å². The zero-order valence-electron chi connectivity index (χ0n) is 14.2. The Bertz CT molecular complexity index is 1050. The molecule has 1 heterocycles. The van der Waals surface area contributed by atoms with Gasteiger partial charge in [-0.25, -0.2) is 4.79 Å². The first-order valence-electron chi connectivity index (χ1n) is 8.51. The molecule has 0 radical (unpaired) electrons. The van der Waals surface area contributed by atoms with E-state index in [1.54, 1.807) is 18.2 Å². The van der Waals surface area contributed by atoms with Crippen molar-refractivity contribution in [1.82, 2.24) is 0 Å². The van der Waals surface area contributed by atoms with Crippen LogP contribution in [-0.2, 0) is 16.8 Å². The zero-order chi connectivity index (χ0) is 18.1. The van der Waals surface area contributed by atoms with Crippen LogP contribution in [0.25, 0.3) is 0 Å². The number of hydrogen-bond donors (Lipinski definition) is 1. The van der Waals surface area contributed by atoms with Gasteiger partial charge in [-0.15, -0.1) is 0 Å². The molecular formula is C22H17O4+. The maximum Gasteiger partial charge on any atom is 0.340 e. The van der Waals surface area contributed by atoms with E-state index in [1.807, 2.05) is 43.3 Å². The molecule has 0 aromatic heterocycles. The molecule has 1 atom stereocenters. The topological polar surface area (TPSA) is 69.4 Å². The number of carbonyl (C=O) groups is 1. The van der Waals surface area contributed by atoms with Crippen molar-refractivity contribution in [1.29, 1.82) is 0 Å². The fourth-order valence-electron chi connectivity index (χ4n) is 4.29. The molecule has 5 rings (SSSR count). The van der Waals surface area contributed by atoms with Crippen LogP contribution in [0.5, 0.6) is 11.5 Å². The average molecular weight is 345 g/mol. The van der Waals surface area contributed by atoms with Crippen molar-refractivity contribution in [3.8, 4) is 11.5 Å².